The van der Waals surface area contributed by atoms with Crippen molar-refractivity contribution in [3.63, 3.8) is 0 Å². The van der Waals surface area contributed by atoms with Crippen molar-refractivity contribution in [2.24, 2.45) is 5.84 Å². The number of imide groups is 1. The Labute approximate surface area is 121 Å². The molecule has 4 N–H and O–H groups in total. The number of piperazine rings is 1. The van der Waals surface area contributed by atoms with Crippen molar-refractivity contribution in [2.75, 3.05) is 6.54 Å². The molecule has 1 saturated heterocycles. The molecule has 1 aliphatic rings. The van der Waals surface area contributed by atoms with E-state index in [-0.39, 0.29) is 24.9 Å². The standard InChI is InChI=1S/C13H18N4O4/c1-7-9(11(19)16-14)4-8(21-7)5-17-6-10(18)15-12(20)13(17,2)3/h4H,5-6,14H2,1-3H3,(H,16,19)(H,15,18,20). The van der Waals surface area contributed by atoms with Crippen molar-refractivity contribution in [2.45, 2.75) is 32.9 Å². The summed E-state index contributed by atoms with van der Waals surface area (Å²) in [6.07, 6.45) is 0. The summed E-state index contributed by atoms with van der Waals surface area (Å²) in [7, 11) is 0. The maximum Gasteiger partial charge on any atom is 0.268 e. The molecule has 0 atom stereocenters. The van der Waals surface area contributed by atoms with Gasteiger partial charge >= 0.3 is 0 Å². The summed E-state index contributed by atoms with van der Waals surface area (Å²) in [5.74, 6) is 4.85. The first-order valence-corrected chi connectivity index (χ1v) is 6.45. The van der Waals surface area contributed by atoms with Crippen molar-refractivity contribution in [3.05, 3.63) is 23.2 Å². The van der Waals surface area contributed by atoms with Gasteiger partial charge in [-0.15, -0.1) is 0 Å². The van der Waals surface area contributed by atoms with Gasteiger partial charge in [0.1, 0.15) is 11.5 Å². The molecule has 8 nitrogen and oxygen atoms in total. The van der Waals surface area contributed by atoms with E-state index in [0.717, 1.165) is 0 Å². The highest BCUT2D eigenvalue weighted by Gasteiger charge is 2.41. The Bertz CT molecular complexity index is 605. The molecule has 0 unspecified atom stereocenters. The molecule has 2 heterocycles. The number of aryl methyl sites for hydroxylation is 1. The Hall–Kier alpha value is -2.19. The van der Waals surface area contributed by atoms with Crippen LogP contribution >= 0.6 is 0 Å². The van der Waals surface area contributed by atoms with Gasteiger partial charge in [0.15, 0.2) is 0 Å². The van der Waals surface area contributed by atoms with E-state index < -0.39 is 11.4 Å². The lowest BCUT2D eigenvalue weighted by Crippen LogP contribution is -2.63. The van der Waals surface area contributed by atoms with Gasteiger partial charge in [0, 0.05) is 0 Å². The van der Waals surface area contributed by atoms with Gasteiger partial charge in [-0.1, -0.05) is 0 Å². The van der Waals surface area contributed by atoms with Gasteiger partial charge in [-0.25, -0.2) is 5.84 Å². The van der Waals surface area contributed by atoms with E-state index in [2.05, 4.69) is 5.32 Å². The summed E-state index contributed by atoms with van der Waals surface area (Å²) in [6, 6.07) is 1.56. The van der Waals surface area contributed by atoms with Gasteiger partial charge in [0.05, 0.1) is 24.2 Å². The first-order chi connectivity index (χ1) is 9.75. The molecule has 0 saturated carbocycles. The lowest BCUT2D eigenvalue weighted by Gasteiger charge is -2.39. The smallest absolute Gasteiger partial charge is 0.268 e. The molecule has 0 bridgehead atoms. The third-order valence-electron chi connectivity index (χ3n) is 3.62. The predicted molar refractivity (Wildman–Crippen MR) is 72.7 cm³/mol. The second-order valence-corrected chi connectivity index (χ2v) is 5.45. The van der Waals surface area contributed by atoms with Crippen LogP contribution in [0, 0.1) is 6.92 Å². The van der Waals surface area contributed by atoms with Crippen LogP contribution in [0.3, 0.4) is 0 Å². The minimum atomic E-state index is -0.842. The minimum Gasteiger partial charge on any atom is -0.464 e. The quantitative estimate of drug-likeness (QED) is 0.297. The Kier molecular flexibility index (Phi) is 3.84. The third-order valence-corrected chi connectivity index (χ3v) is 3.62. The summed E-state index contributed by atoms with van der Waals surface area (Å²) in [6.45, 7) is 5.41. The van der Waals surface area contributed by atoms with Crippen molar-refractivity contribution in [1.82, 2.24) is 15.6 Å². The number of hydrogen-bond donors (Lipinski definition) is 3. The normalized spacial score (nSPS) is 18.5. The maximum absolute atomic E-state index is 11.9. The number of carbonyl (C=O) groups excluding carboxylic acids is 3. The van der Waals surface area contributed by atoms with Gasteiger partial charge in [0.25, 0.3) is 5.91 Å². The Morgan fingerprint density at radius 2 is 2.19 bits per heavy atom. The van der Waals surface area contributed by atoms with E-state index in [1.165, 1.54) is 0 Å². The van der Waals surface area contributed by atoms with E-state index in [0.29, 0.717) is 17.1 Å². The highest BCUT2D eigenvalue weighted by molar-refractivity contribution is 6.02. The van der Waals surface area contributed by atoms with Crippen LogP contribution in [0.1, 0.15) is 35.7 Å². The largest absolute Gasteiger partial charge is 0.464 e. The number of amides is 3. The van der Waals surface area contributed by atoms with Crippen molar-refractivity contribution in [3.8, 4) is 0 Å². The molecule has 21 heavy (non-hydrogen) atoms. The number of hydrogen-bond acceptors (Lipinski definition) is 6. The molecule has 8 heteroatoms. The van der Waals surface area contributed by atoms with E-state index in [9.17, 15) is 14.4 Å². The first-order valence-electron chi connectivity index (χ1n) is 6.45. The van der Waals surface area contributed by atoms with Crippen LogP contribution in [-0.2, 0) is 16.1 Å². The number of carbonyl (C=O) groups is 3. The van der Waals surface area contributed by atoms with Gasteiger partial charge < -0.3 is 4.42 Å². The molecule has 0 radical (unpaired) electrons. The van der Waals surface area contributed by atoms with Crippen LogP contribution in [0.4, 0.5) is 0 Å². The Balaban J connectivity index is 2.23. The molecule has 3 amide bonds. The van der Waals surface area contributed by atoms with Gasteiger partial charge in [-0.2, -0.15) is 0 Å². The predicted octanol–water partition coefficient (Wildman–Crippen LogP) is -0.571. The molecular formula is C13H18N4O4. The molecule has 1 aromatic rings. The average molecular weight is 294 g/mol. The first kappa shape index (κ1) is 15.2. The zero-order valence-corrected chi connectivity index (χ0v) is 12.1. The number of nitrogens with one attached hydrogen (secondary N) is 2. The van der Waals surface area contributed by atoms with E-state index >= 15 is 0 Å². The van der Waals surface area contributed by atoms with Crippen LogP contribution in [0.5, 0.6) is 0 Å². The monoisotopic (exact) mass is 294 g/mol. The number of nitrogens with two attached hydrogens (primary N) is 1. The maximum atomic E-state index is 11.9. The molecule has 1 aliphatic heterocycles. The second kappa shape index (κ2) is 5.30. The SMILES string of the molecule is Cc1oc(CN2CC(=O)NC(=O)C2(C)C)cc1C(=O)NN. The lowest BCUT2D eigenvalue weighted by molar-refractivity contribution is -0.145. The summed E-state index contributed by atoms with van der Waals surface area (Å²) in [5.41, 5.74) is 1.53. The summed E-state index contributed by atoms with van der Waals surface area (Å²) >= 11 is 0. The zero-order valence-electron chi connectivity index (χ0n) is 12.1. The van der Waals surface area contributed by atoms with Gasteiger partial charge in [-0.3, -0.25) is 30.0 Å². The van der Waals surface area contributed by atoms with Crippen LogP contribution in [-0.4, -0.2) is 34.7 Å². The highest BCUT2D eigenvalue weighted by atomic mass is 16.3. The molecular weight excluding hydrogens is 276 g/mol. The Morgan fingerprint density at radius 1 is 1.52 bits per heavy atom. The number of furan rings is 1. The van der Waals surface area contributed by atoms with E-state index in [1.807, 2.05) is 5.43 Å². The van der Waals surface area contributed by atoms with Crippen LogP contribution in [0.2, 0.25) is 0 Å². The highest BCUT2D eigenvalue weighted by Crippen LogP contribution is 2.23. The average Bonchev–Trinajstić information content (AvgIpc) is 2.76. The van der Waals surface area contributed by atoms with Crippen molar-refractivity contribution < 1.29 is 18.8 Å². The molecule has 0 aliphatic carbocycles. The Morgan fingerprint density at radius 3 is 2.81 bits per heavy atom. The van der Waals surface area contributed by atoms with Crippen LogP contribution in [0.25, 0.3) is 0 Å². The molecule has 0 aromatic carbocycles. The van der Waals surface area contributed by atoms with E-state index in [4.69, 9.17) is 10.3 Å². The van der Waals surface area contributed by atoms with Gasteiger partial charge in [-0.05, 0) is 26.8 Å². The van der Waals surface area contributed by atoms with Crippen LogP contribution < -0.4 is 16.6 Å². The lowest BCUT2D eigenvalue weighted by atomic mass is 9.98. The fourth-order valence-electron chi connectivity index (χ4n) is 2.20. The van der Waals surface area contributed by atoms with Crippen molar-refractivity contribution in [1.29, 1.82) is 0 Å². The molecule has 2 rings (SSSR count). The number of nitrogen functional groups attached to an aromatic ring is 1. The van der Waals surface area contributed by atoms with E-state index in [1.54, 1.807) is 31.7 Å². The summed E-state index contributed by atoms with van der Waals surface area (Å²) in [5, 5.41) is 2.30. The fraction of sp³-hybridized carbons (Fsp3) is 0.462. The third kappa shape index (κ3) is 2.81. The zero-order chi connectivity index (χ0) is 15.8. The second-order valence-electron chi connectivity index (χ2n) is 5.45. The summed E-state index contributed by atoms with van der Waals surface area (Å²) < 4.78 is 5.50. The minimum absolute atomic E-state index is 0.0803. The molecule has 1 fully saturated rings. The molecule has 114 valence electrons. The topological polar surface area (TPSA) is 118 Å². The van der Waals surface area contributed by atoms with Crippen LogP contribution in [0.15, 0.2) is 10.5 Å². The number of hydrazine groups is 1. The number of nitrogens with zero attached hydrogens (tertiary/aromatic N) is 1. The van der Waals surface area contributed by atoms with Crippen molar-refractivity contribution >= 4 is 17.7 Å². The van der Waals surface area contributed by atoms with Gasteiger partial charge in [0.2, 0.25) is 11.8 Å². The summed E-state index contributed by atoms with van der Waals surface area (Å²) in [4.78, 5) is 36.6. The fourth-order valence-corrected chi connectivity index (χ4v) is 2.20. The molecule has 1 aromatic heterocycles. The number of rotatable bonds is 3. The molecule has 0 spiro atoms.